The minimum absolute atomic E-state index is 0.0219. The lowest BCUT2D eigenvalue weighted by Crippen LogP contribution is -2.45. The molecule has 0 saturated carbocycles. The zero-order chi connectivity index (χ0) is 55.0. The fraction of sp³-hybridized carbons (Fsp3) is 0.914. The standard InChI is InChI=1S/C70H135NO5/c1-3-5-7-9-11-13-15-16-17-33-37-40-44-48-52-56-60-64-70(75)76-65-61-57-53-49-45-41-38-35-32-30-28-26-24-22-20-18-19-21-23-25-27-29-31-34-36-39-43-47-51-55-59-63-69(74)71-67(66-72)68(73)62-58-54-50-46-42-14-12-10-8-6-4-2/h20,22,58,62,67-68,72-73H,3-19,21,23-57,59-61,63-66H2,1-2H3,(H,71,74)/b22-20-,62-58+. The third-order valence-electron chi connectivity index (χ3n) is 16.2. The maximum atomic E-state index is 12.4. The van der Waals surface area contributed by atoms with E-state index in [9.17, 15) is 19.8 Å². The summed E-state index contributed by atoms with van der Waals surface area (Å²) >= 11 is 0. The molecule has 0 aromatic heterocycles. The minimum atomic E-state index is -0.841. The van der Waals surface area contributed by atoms with Gasteiger partial charge in [0.25, 0.3) is 0 Å². The van der Waals surface area contributed by atoms with Crippen molar-refractivity contribution < 1.29 is 24.5 Å². The molecule has 1 amide bonds. The van der Waals surface area contributed by atoms with E-state index in [2.05, 4.69) is 31.3 Å². The molecule has 76 heavy (non-hydrogen) atoms. The Morgan fingerprint density at radius 2 is 0.618 bits per heavy atom. The summed E-state index contributed by atoms with van der Waals surface area (Å²) in [5, 5.41) is 23.0. The molecule has 450 valence electrons. The Kier molecular flexibility index (Phi) is 64.4. The molecule has 6 nitrogen and oxygen atoms in total. The molecule has 0 aromatic carbocycles. The monoisotopic (exact) mass is 1070 g/mol. The predicted molar refractivity (Wildman–Crippen MR) is 333 cm³/mol. The highest BCUT2D eigenvalue weighted by molar-refractivity contribution is 5.76. The van der Waals surface area contributed by atoms with E-state index in [1.165, 1.54) is 321 Å². The van der Waals surface area contributed by atoms with E-state index in [0.29, 0.717) is 19.4 Å². The number of ether oxygens (including phenoxy) is 1. The summed E-state index contributed by atoms with van der Waals surface area (Å²) in [6.07, 6.45) is 82.7. The van der Waals surface area contributed by atoms with Gasteiger partial charge in [-0.05, 0) is 57.8 Å². The first kappa shape index (κ1) is 74.3. The molecule has 0 saturated heterocycles. The predicted octanol–water partition coefficient (Wildman–Crippen LogP) is 22.1. The van der Waals surface area contributed by atoms with Crippen molar-refractivity contribution in [1.29, 1.82) is 0 Å². The van der Waals surface area contributed by atoms with Gasteiger partial charge in [-0.15, -0.1) is 0 Å². The van der Waals surface area contributed by atoms with E-state index in [0.717, 1.165) is 38.5 Å². The van der Waals surface area contributed by atoms with Crippen molar-refractivity contribution in [3.05, 3.63) is 24.3 Å². The van der Waals surface area contributed by atoms with Crippen LogP contribution < -0.4 is 5.32 Å². The Morgan fingerprint density at radius 3 is 0.934 bits per heavy atom. The Morgan fingerprint density at radius 1 is 0.355 bits per heavy atom. The molecule has 0 heterocycles. The van der Waals surface area contributed by atoms with Gasteiger partial charge < -0.3 is 20.3 Å². The molecule has 3 N–H and O–H groups in total. The number of aliphatic hydroxyl groups excluding tert-OH is 2. The topological polar surface area (TPSA) is 95.9 Å². The van der Waals surface area contributed by atoms with Crippen LogP contribution in [0.5, 0.6) is 0 Å². The molecular weight excluding hydrogens is 935 g/mol. The van der Waals surface area contributed by atoms with Crippen LogP contribution in [0.25, 0.3) is 0 Å². The van der Waals surface area contributed by atoms with Crippen LogP contribution in [-0.4, -0.2) is 47.4 Å². The second-order valence-electron chi connectivity index (χ2n) is 23.9. The quantitative estimate of drug-likeness (QED) is 0.0320. The van der Waals surface area contributed by atoms with Crippen molar-refractivity contribution in [2.45, 2.75) is 398 Å². The number of hydrogen-bond acceptors (Lipinski definition) is 5. The largest absolute Gasteiger partial charge is 0.466 e. The van der Waals surface area contributed by atoms with Crippen LogP contribution in [0.2, 0.25) is 0 Å². The van der Waals surface area contributed by atoms with Gasteiger partial charge in [-0.2, -0.15) is 0 Å². The summed E-state index contributed by atoms with van der Waals surface area (Å²) in [5.74, 6) is -0.0438. The van der Waals surface area contributed by atoms with Gasteiger partial charge in [-0.3, -0.25) is 9.59 Å². The van der Waals surface area contributed by atoms with E-state index in [1.807, 2.05) is 6.08 Å². The molecule has 0 fully saturated rings. The fourth-order valence-electron chi connectivity index (χ4n) is 10.9. The molecule has 0 aliphatic heterocycles. The summed E-state index contributed by atoms with van der Waals surface area (Å²) in [4.78, 5) is 24.5. The average molecular weight is 1070 g/mol. The van der Waals surface area contributed by atoms with E-state index < -0.39 is 12.1 Å². The van der Waals surface area contributed by atoms with E-state index >= 15 is 0 Å². The molecule has 0 rings (SSSR count). The number of aliphatic hydroxyl groups is 2. The Labute approximate surface area is 475 Å². The maximum absolute atomic E-state index is 12.4. The SMILES string of the molecule is CCCCCCCCCCC/C=C/C(O)C(CO)NC(=O)CCCCCCCCCCCCCCCCC/C=C\CCCCCCCCCCCCCCOC(=O)CCCCCCCCCCCCCCCCCCC. The van der Waals surface area contributed by atoms with Crippen molar-refractivity contribution in [2.75, 3.05) is 13.2 Å². The molecule has 0 bridgehead atoms. The number of carbonyl (C=O) groups is 2. The second-order valence-corrected chi connectivity index (χ2v) is 23.9. The molecule has 0 aromatic rings. The van der Waals surface area contributed by atoms with Crippen molar-refractivity contribution in [1.82, 2.24) is 5.32 Å². The number of allylic oxidation sites excluding steroid dienone is 3. The summed E-state index contributed by atoms with van der Waals surface area (Å²) in [7, 11) is 0. The number of esters is 1. The van der Waals surface area contributed by atoms with E-state index in [1.54, 1.807) is 6.08 Å². The molecule has 0 radical (unpaired) electrons. The lowest BCUT2D eigenvalue weighted by Gasteiger charge is -2.20. The molecule has 0 spiro atoms. The van der Waals surface area contributed by atoms with Crippen molar-refractivity contribution >= 4 is 11.9 Å². The molecule has 0 aliphatic carbocycles. The number of amides is 1. The van der Waals surface area contributed by atoms with Crippen LogP contribution in [0.4, 0.5) is 0 Å². The van der Waals surface area contributed by atoms with Gasteiger partial charge in [-0.25, -0.2) is 0 Å². The lowest BCUT2D eigenvalue weighted by atomic mass is 10.0. The average Bonchev–Trinajstić information content (AvgIpc) is 3.42. The first-order chi connectivity index (χ1) is 37.5. The highest BCUT2D eigenvalue weighted by atomic mass is 16.5. The number of hydrogen-bond donors (Lipinski definition) is 3. The molecule has 2 unspecified atom stereocenters. The molecule has 6 heteroatoms. The Hall–Kier alpha value is -1.66. The molecular formula is C70H135NO5. The lowest BCUT2D eigenvalue weighted by molar-refractivity contribution is -0.143. The van der Waals surface area contributed by atoms with Crippen molar-refractivity contribution in [3.63, 3.8) is 0 Å². The van der Waals surface area contributed by atoms with Crippen LogP contribution in [0.3, 0.4) is 0 Å². The van der Waals surface area contributed by atoms with Gasteiger partial charge in [0.05, 0.1) is 25.4 Å². The third kappa shape index (κ3) is 61.6. The van der Waals surface area contributed by atoms with Gasteiger partial charge in [0.1, 0.15) is 0 Å². The fourth-order valence-corrected chi connectivity index (χ4v) is 10.9. The first-order valence-electron chi connectivity index (χ1n) is 34.6. The number of nitrogens with one attached hydrogen (secondary N) is 1. The Balaban J connectivity index is 3.33. The van der Waals surface area contributed by atoms with Gasteiger partial charge >= 0.3 is 5.97 Å². The highest BCUT2D eigenvalue weighted by Gasteiger charge is 2.18. The molecule has 2 atom stereocenters. The van der Waals surface area contributed by atoms with Crippen LogP contribution in [0.15, 0.2) is 24.3 Å². The summed E-state index contributed by atoms with van der Waals surface area (Å²) in [6, 6.07) is -0.624. The minimum Gasteiger partial charge on any atom is -0.466 e. The Bertz CT molecular complexity index is 1190. The third-order valence-corrected chi connectivity index (χ3v) is 16.2. The van der Waals surface area contributed by atoms with E-state index in [-0.39, 0.29) is 18.5 Å². The normalized spacial score (nSPS) is 12.6. The molecule has 0 aliphatic rings. The number of unbranched alkanes of at least 4 members (excludes halogenated alkanes) is 52. The zero-order valence-electron chi connectivity index (χ0n) is 51.5. The highest BCUT2D eigenvalue weighted by Crippen LogP contribution is 2.18. The van der Waals surface area contributed by atoms with Crippen LogP contribution >= 0.6 is 0 Å². The van der Waals surface area contributed by atoms with Gasteiger partial charge in [0, 0.05) is 12.8 Å². The second kappa shape index (κ2) is 65.9. The zero-order valence-corrected chi connectivity index (χ0v) is 51.5. The smallest absolute Gasteiger partial charge is 0.305 e. The van der Waals surface area contributed by atoms with E-state index in [4.69, 9.17) is 4.74 Å². The van der Waals surface area contributed by atoms with Crippen LogP contribution in [0.1, 0.15) is 386 Å². The summed E-state index contributed by atoms with van der Waals surface area (Å²) in [5.41, 5.74) is 0. The summed E-state index contributed by atoms with van der Waals surface area (Å²) < 4.78 is 5.51. The maximum Gasteiger partial charge on any atom is 0.305 e. The van der Waals surface area contributed by atoms with Crippen molar-refractivity contribution in [2.24, 2.45) is 0 Å². The van der Waals surface area contributed by atoms with Crippen LogP contribution in [0, 0.1) is 0 Å². The first-order valence-corrected chi connectivity index (χ1v) is 34.6. The number of carbonyl (C=O) groups excluding carboxylic acids is 2. The van der Waals surface area contributed by atoms with Gasteiger partial charge in [0.2, 0.25) is 5.91 Å². The van der Waals surface area contributed by atoms with Gasteiger partial charge in [-0.1, -0.05) is 340 Å². The number of rotatable bonds is 65. The van der Waals surface area contributed by atoms with Crippen molar-refractivity contribution in [3.8, 4) is 0 Å². The van der Waals surface area contributed by atoms with Crippen LogP contribution in [-0.2, 0) is 14.3 Å². The summed E-state index contributed by atoms with van der Waals surface area (Å²) in [6.45, 7) is 4.92. The van der Waals surface area contributed by atoms with Gasteiger partial charge in [0.15, 0.2) is 0 Å².